The molecule has 2 aliphatic heterocycles. The monoisotopic (exact) mass is 377 g/mol. The van der Waals surface area contributed by atoms with Crippen LogP contribution in [0.3, 0.4) is 0 Å². The molecule has 1 spiro atoms. The molecule has 0 bridgehead atoms. The average molecular weight is 378 g/mol. The molecule has 1 N–H and O–H groups in total. The highest BCUT2D eigenvalue weighted by Gasteiger charge is 2.50. The zero-order chi connectivity index (χ0) is 18.1. The van der Waals surface area contributed by atoms with Crippen molar-refractivity contribution in [2.24, 2.45) is 5.41 Å². The molecule has 3 aliphatic rings. The number of amides is 2. The lowest BCUT2D eigenvalue weighted by Gasteiger charge is -2.23. The highest BCUT2D eigenvalue weighted by atomic mass is 32.1. The summed E-state index contributed by atoms with van der Waals surface area (Å²) in [6, 6.07) is 0. The van der Waals surface area contributed by atoms with Gasteiger partial charge in [0.05, 0.1) is 12.0 Å². The molecule has 1 unspecified atom stereocenters. The Morgan fingerprint density at radius 1 is 1.31 bits per heavy atom. The smallest absolute Gasteiger partial charge is 0.240 e. The minimum atomic E-state index is -0.254. The van der Waals surface area contributed by atoms with Crippen molar-refractivity contribution in [3.05, 3.63) is 5.01 Å². The molecule has 2 amide bonds. The Morgan fingerprint density at radius 2 is 2.12 bits per heavy atom. The van der Waals surface area contributed by atoms with Crippen LogP contribution in [0.1, 0.15) is 56.4 Å². The number of likely N-dealkylation sites (tertiary alicyclic amines) is 2. The first-order chi connectivity index (χ1) is 12.6. The highest BCUT2D eigenvalue weighted by Crippen LogP contribution is 2.41. The molecule has 2 saturated heterocycles. The van der Waals surface area contributed by atoms with Gasteiger partial charge in [-0.05, 0) is 38.6 Å². The molecule has 142 valence electrons. The fourth-order valence-electron chi connectivity index (χ4n) is 4.32. The Hall–Kier alpha value is -1.54. The van der Waals surface area contributed by atoms with Crippen LogP contribution in [0.5, 0.6) is 0 Å². The molecule has 0 radical (unpaired) electrons. The van der Waals surface area contributed by atoms with Crippen molar-refractivity contribution >= 4 is 28.3 Å². The third-order valence-electron chi connectivity index (χ3n) is 6.04. The van der Waals surface area contributed by atoms with Gasteiger partial charge >= 0.3 is 0 Å². The topological polar surface area (TPSA) is 78.4 Å². The van der Waals surface area contributed by atoms with Crippen LogP contribution >= 0.6 is 11.3 Å². The molecule has 1 aliphatic carbocycles. The highest BCUT2D eigenvalue weighted by molar-refractivity contribution is 7.15. The van der Waals surface area contributed by atoms with Gasteiger partial charge in [0.1, 0.15) is 5.01 Å². The number of aromatic nitrogens is 2. The number of nitrogens with one attached hydrogen (secondary N) is 1. The molecule has 1 saturated carbocycles. The Morgan fingerprint density at radius 3 is 2.85 bits per heavy atom. The molecule has 0 aromatic carbocycles. The van der Waals surface area contributed by atoms with Gasteiger partial charge in [0.15, 0.2) is 0 Å². The molecule has 3 fully saturated rings. The van der Waals surface area contributed by atoms with Crippen molar-refractivity contribution in [2.45, 2.75) is 51.4 Å². The summed E-state index contributed by atoms with van der Waals surface area (Å²) in [6.07, 6.45) is 6.41. The van der Waals surface area contributed by atoms with Gasteiger partial charge in [-0.25, -0.2) is 0 Å². The molecule has 1 aromatic heterocycles. The molecular formula is C18H27N5O2S. The Balaban J connectivity index is 1.29. The summed E-state index contributed by atoms with van der Waals surface area (Å²) in [5, 5.41) is 12.8. The van der Waals surface area contributed by atoms with Crippen LogP contribution in [0.2, 0.25) is 0 Å². The van der Waals surface area contributed by atoms with Gasteiger partial charge in [0.2, 0.25) is 16.9 Å². The van der Waals surface area contributed by atoms with Crippen LogP contribution in [-0.2, 0) is 9.59 Å². The van der Waals surface area contributed by atoms with E-state index in [1.54, 1.807) is 0 Å². The zero-order valence-corrected chi connectivity index (χ0v) is 16.2. The molecule has 7 nitrogen and oxygen atoms in total. The summed E-state index contributed by atoms with van der Waals surface area (Å²) < 4.78 is 0. The number of carbonyl (C=O) groups is 2. The maximum atomic E-state index is 12.7. The van der Waals surface area contributed by atoms with Gasteiger partial charge in [-0.15, -0.1) is 10.2 Å². The van der Waals surface area contributed by atoms with Crippen molar-refractivity contribution in [2.75, 3.05) is 38.0 Å². The van der Waals surface area contributed by atoms with Crippen LogP contribution < -0.4 is 5.32 Å². The first-order valence-corrected chi connectivity index (χ1v) is 10.6. The van der Waals surface area contributed by atoms with Crippen LogP contribution in [0.15, 0.2) is 0 Å². The second-order valence-electron chi connectivity index (χ2n) is 7.90. The van der Waals surface area contributed by atoms with Gasteiger partial charge in [0, 0.05) is 25.6 Å². The van der Waals surface area contributed by atoms with Gasteiger partial charge in [0.25, 0.3) is 0 Å². The second-order valence-corrected chi connectivity index (χ2v) is 8.91. The lowest BCUT2D eigenvalue weighted by molar-refractivity contribution is -0.135. The standard InChI is InChI=1S/C18H27N5O2S/c1-2-8-23-10-7-18(16(23)25)6-9-22(12-18)11-14(24)19-17-21-20-15(26-17)13-4-3-5-13/h13H,2-12H2,1H3,(H,19,21,24). The summed E-state index contributed by atoms with van der Waals surface area (Å²) in [5.74, 6) is 0.766. The molecular weight excluding hydrogens is 350 g/mol. The maximum Gasteiger partial charge on any atom is 0.240 e. The van der Waals surface area contributed by atoms with Gasteiger partial charge < -0.3 is 4.90 Å². The van der Waals surface area contributed by atoms with Crippen LogP contribution in [0.4, 0.5) is 5.13 Å². The molecule has 1 aromatic rings. The normalized spacial score (nSPS) is 26.7. The third-order valence-corrected chi connectivity index (χ3v) is 7.04. The van der Waals surface area contributed by atoms with Gasteiger partial charge in [-0.1, -0.05) is 24.7 Å². The minimum absolute atomic E-state index is 0.0609. The molecule has 8 heteroatoms. The predicted molar refractivity (Wildman–Crippen MR) is 100 cm³/mol. The SMILES string of the molecule is CCCN1CCC2(CCN(CC(=O)Nc3nnc(C4CCC4)s3)C2)C1=O. The predicted octanol–water partition coefficient (Wildman–Crippen LogP) is 2.08. The molecule has 3 heterocycles. The molecule has 1 atom stereocenters. The van der Waals surface area contributed by atoms with Crippen LogP contribution in [0.25, 0.3) is 0 Å². The van der Waals surface area contributed by atoms with E-state index in [4.69, 9.17) is 0 Å². The van der Waals surface area contributed by atoms with E-state index in [2.05, 4.69) is 27.3 Å². The van der Waals surface area contributed by atoms with Gasteiger partial charge in [-0.2, -0.15) is 0 Å². The van der Waals surface area contributed by atoms with Crippen molar-refractivity contribution in [1.82, 2.24) is 20.0 Å². The lowest BCUT2D eigenvalue weighted by atomic mass is 9.85. The van der Waals surface area contributed by atoms with Gasteiger partial charge in [-0.3, -0.25) is 19.8 Å². The fraction of sp³-hybridized carbons (Fsp3) is 0.778. The van der Waals surface area contributed by atoms with Crippen LogP contribution in [-0.4, -0.2) is 64.5 Å². The van der Waals surface area contributed by atoms with E-state index in [1.165, 1.54) is 30.6 Å². The Labute approximate surface area is 158 Å². The number of nitrogens with zero attached hydrogens (tertiary/aromatic N) is 4. The summed E-state index contributed by atoms with van der Waals surface area (Å²) >= 11 is 1.49. The Kier molecular flexibility index (Phi) is 4.96. The number of hydrogen-bond acceptors (Lipinski definition) is 6. The van der Waals surface area contributed by atoms with Crippen molar-refractivity contribution in [3.8, 4) is 0 Å². The first kappa shape index (κ1) is 17.9. The molecule has 26 heavy (non-hydrogen) atoms. The summed E-state index contributed by atoms with van der Waals surface area (Å²) in [4.78, 5) is 29.2. The van der Waals surface area contributed by atoms with Crippen LogP contribution in [0, 0.1) is 5.41 Å². The Bertz CT molecular complexity index is 689. The largest absolute Gasteiger partial charge is 0.342 e. The first-order valence-electron chi connectivity index (χ1n) is 9.74. The van der Waals surface area contributed by atoms with E-state index in [9.17, 15) is 9.59 Å². The van der Waals surface area contributed by atoms with Crippen molar-refractivity contribution in [3.63, 3.8) is 0 Å². The lowest BCUT2D eigenvalue weighted by Crippen LogP contribution is -2.38. The van der Waals surface area contributed by atoms with E-state index < -0.39 is 0 Å². The number of hydrogen-bond donors (Lipinski definition) is 1. The maximum absolute atomic E-state index is 12.7. The zero-order valence-electron chi connectivity index (χ0n) is 15.4. The van der Waals surface area contributed by atoms with Crippen molar-refractivity contribution in [1.29, 1.82) is 0 Å². The van der Waals surface area contributed by atoms with E-state index in [1.807, 2.05) is 4.90 Å². The van der Waals surface area contributed by atoms with E-state index >= 15 is 0 Å². The number of rotatable bonds is 6. The minimum Gasteiger partial charge on any atom is -0.342 e. The third kappa shape index (κ3) is 3.36. The summed E-state index contributed by atoms with van der Waals surface area (Å²) in [5.41, 5.74) is -0.254. The van der Waals surface area contributed by atoms with E-state index in [-0.39, 0.29) is 17.2 Å². The van der Waals surface area contributed by atoms with E-state index in [0.29, 0.717) is 24.1 Å². The molecule has 4 rings (SSSR count). The second kappa shape index (κ2) is 7.23. The average Bonchev–Trinajstić information content (AvgIpc) is 3.24. The van der Waals surface area contributed by atoms with E-state index in [0.717, 1.165) is 43.9 Å². The number of carbonyl (C=O) groups excluding carboxylic acids is 2. The number of anilines is 1. The summed E-state index contributed by atoms with van der Waals surface area (Å²) in [7, 11) is 0. The fourth-order valence-corrected chi connectivity index (χ4v) is 5.24. The quantitative estimate of drug-likeness (QED) is 0.821. The van der Waals surface area contributed by atoms with Crippen molar-refractivity contribution < 1.29 is 9.59 Å². The summed E-state index contributed by atoms with van der Waals surface area (Å²) in [6.45, 7) is 5.64.